The number of nitrogens with one attached hydrogen (secondary N) is 1. The largest absolute Gasteiger partial charge is 0.396 e. The number of aromatic nitrogens is 2. The van der Waals surface area contributed by atoms with Crippen LogP contribution in [0.1, 0.15) is 30.8 Å². The normalized spacial score (nSPS) is 18.9. The molecule has 1 saturated heterocycles. The number of nitrogens with zero attached hydrogens (tertiary/aromatic N) is 3. The lowest BCUT2D eigenvalue weighted by Gasteiger charge is -2.37. The van der Waals surface area contributed by atoms with Crippen LogP contribution >= 0.6 is 0 Å². The van der Waals surface area contributed by atoms with Gasteiger partial charge in [-0.15, -0.1) is 0 Å². The molecule has 1 aliphatic heterocycles. The predicted molar refractivity (Wildman–Crippen MR) is 70.2 cm³/mol. The van der Waals surface area contributed by atoms with Gasteiger partial charge in [0, 0.05) is 32.2 Å². The quantitative estimate of drug-likeness (QED) is 0.822. The SMILES string of the molecule is CCC(C)N1CCN(C(=O)c2[nH]ncc2N)CC1. The van der Waals surface area contributed by atoms with E-state index in [9.17, 15) is 4.79 Å². The van der Waals surface area contributed by atoms with E-state index < -0.39 is 0 Å². The molecule has 6 nitrogen and oxygen atoms in total. The third-order valence-corrected chi connectivity index (χ3v) is 3.70. The highest BCUT2D eigenvalue weighted by Gasteiger charge is 2.25. The molecule has 100 valence electrons. The van der Waals surface area contributed by atoms with Gasteiger partial charge in [0.05, 0.1) is 11.9 Å². The van der Waals surface area contributed by atoms with Gasteiger partial charge >= 0.3 is 0 Å². The fourth-order valence-corrected chi connectivity index (χ4v) is 2.25. The zero-order chi connectivity index (χ0) is 13.1. The van der Waals surface area contributed by atoms with Gasteiger partial charge in [-0.3, -0.25) is 14.8 Å². The van der Waals surface area contributed by atoms with Crippen LogP contribution in [0.25, 0.3) is 0 Å². The second-order valence-corrected chi connectivity index (χ2v) is 4.79. The maximum absolute atomic E-state index is 12.2. The first-order valence-corrected chi connectivity index (χ1v) is 6.45. The van der Waals surface area contributed by atoms with Crippen molar-refractivity contribution in [2.75, 3.05) is 31.9 Å². The Morgan fingerprint density at radius 3 is 2.67 bits per heavy atom. The minimum atomic E-state index is -0.0474. The molecule has 1 fully saturated rings. The fraction of sp³-hybridized carbons (Fsp3) is 0.667. The van der Waals surface area contributed by atoms with Gasteiger partial charge in [0.25, 0.3) is 5.91 Å². The molecule has 1 aromatic heterocycles. The van der Waals surface area contributed by atoms with E-state index in [4.69, 9.17) is 5.73 Å². The number of anilines is 1. The summed E-state index contributed by atoms with van der Waals surface area (Å²) >= 11 is 0. The van der Waals surface area contributed by atoms with E-state index in [1.54, 1.807) is 0 Å². The summed E-state index contributed by atoms with van der Waals surface area (Å²) in [7, 11) is 0. The number of piperazine rings is 1. The maximum atomic E-state index is 12.2. The predicted octanol–water partition coefficient (Wildman–Crippen LogP) is 0.548. The third-order valence-electron chi connectivity index (χ3n) is 3.70. The highest BCUT2D eigenvalue weighted by Crippen LogP contribution is 2.14. The lowest BCUT2D eigenvalue weighted by atomic mass is 10.2. The summed E-state index contributed by atoms with van der Waals surface area (Å²) in [5.41, 5.74) is 6.52. The van der Waals surface area contributed by atoms with Crippen LogP contribution in [0, 0.1) is 0 Å². The zero-order valence-corrected chi connectivity index (χ0v) is 11.0. The molecule has 1 amide bonds. The third kappa shape index (κ3) is 2.48. The van der Waals surface area contributed by atoms with Gasteiger partial charge in [-0.1, -0.05) is 6.92 Å². The summed E-state index contributed by atoms with van der Waals surface area (Å²) in [5.74, 6) is -0.0474. The summed E-state index contributed by atoms with van der Waals surface area (Å²) < 4.78 is 0. The van der Waals surface area contributed by atoms with Crippen LogP contribution in [-0.4, -0.2) is 58.1 Å². The van der Waals surface area contributed by atoms with Crippen LogP contribution in [0.5, 0.6) is 0 Å². The Bertz CT molecular complexity index is 408. The minimum Gasteiger partial charge on any atom is -0.396 e. The molecule has 0 spiro atoms. The highest BCUT2D eigenvalue weighted by atomic mass is 16.2. The average Bonchev–Trinajstić information content (AvgIpc) is 2.83. The van der Waals surface area contributed by atoms with E-state index in [0.717, 1.165) is 32.6 Å². The summed E-state index contributed by atoms with van der Waals surface area (Å²) in [4.78, 5) is 16.4. The first-order valence-electron chi connectivity index (χ1n) is 6.45. The number of carbonyl (C=O) groups excluding carboxylic acids is 1. The summed E-state index contributed by atoms with van der Waals surface area (Å²) in [6.45, 7) is 7.77. The van der Waals surface area contributed by atoms with Crippen molar-refractivity contribution in [3.8, 4) is 0 Å². The molecule has 0 aliphatic carbocycles. The summed E-state index contributed by atoms with van der Waals surface area (Å²) in [6.07, 6.45) is 2.62. The van der Waals surface area contributed by atoms with E-state index in [1.807, 2.05) is 4.90 Å². The van der Waals surface area contributed by atoms with E-state index in [1.165, 1.54) is 6.20 Å². The van der Waals surface area contributed by atoms with Crippen molar-refractivity contribution in [3.63, 3.8) is 0 Å². The lowest BCUT2D eigenvalue weighted by Crippen LogP contribution is -2.51. The van der Waals surface area contributed by atoms with Gasteiger partial charge in [-0.25, -0.2) is 0 Å². The summed E-state index contributed by atoms with van der Waals surface area (Å²) in [6, 6.07) is 0.583. The van der Waals surface area contributed by atoms with Crippen LogP contribution in [0.3, 0.4) is 0 Å². The number of amides is 1. The lowest BCUT2D eigenvalue weighted by molar-refractivity contribution is 0.0575. The molecule has 2 rings (SSSR count). The molecule has 2 heterocycles. The Morgan fingerprint density at radius 2 is 2.17 bits per heavy atom. The van der Waals surface area contributed by atoms with Gasteiger partial charge < -0.3 is 10.6 Å². The molecule has 1 aliphatic rings. The number of rotatable bonds is 3. The van der Waals surface area contributed by atoms with Gasteiger partial charge in [-0.05, 0) is 13.3 Å². The Kier molecular flexibility index (Phi) is 3.86. The first kappa shape index (κ1) is 12.9. The number of carbonyl (C=O) groups is 1. The molecule has 0 aromatic carbocycles. The number of nitrogens with two attached hydrogens (primary N) is 1. The average molecular weight is 251 g/mol. The van der Waals surface area contributed by atoms with E-state index in [2.05, 4.69) is 28.9 Å². The molecular formula is C12H21N5O. The molecule has 1 aromatic rings. The monoisotopic (exact) mass is 251 g/mol. The van der Waals surface area contributed by atoms with Crippen molar-refractivity contribution in [2.45, 2.75) is 26.3 Å². The van der Waals surface area contributed by atoms with Crippen LogP contribution in [0.15, 0.2) is 6.20 Å². The van der Waals surface area contributed by atoms with Crippen molar-refractivity contribution >= 4 is 11.6 Å². The topological polar surface area (TPSA) is 78.2 Å². The second-order valence-electron chi connectivity index (χ2n) is 4.79. The molecule has 0 saturated carbocycles. The zero-order valence-electron chi connectivity index (χ0n) is 11.0. The van der Waals surface area contributed by atoms with Crippen molar-refractivity contribution in [3.05, 3.63) is 11.9 Å². The van der Waals surface area contributed by atoms with E-state index >= 15 is 0 Å². The minimum absolute atomic E-state index is 0.0474. The molecular weight excluding hydrogens is 230 g/mol. The Hall–Kier alpha value is -1.56. The Labute approximate surface area is 107 Å². The molecule has 3 N–H and O–H groups in total. The molecule has 0 bridgehead atoms. The van der Waals surface area contributed by atoms with Crippen LogP contribution < -0.4 is 5.73 Å². The van der Waals surface area contributed by atoms with Crippen molar-refractivity contribution in [1.29, 1.82) is 0 Å². The van der Waals surface area contributed by atoms with Crippen molar-refractivity contribution in [2.24, 2.45) is 0 Å². The molecule has 18 heavy (non-hydrogen) atoms. The molecule has 1 atom stereocenters. The van der Waals surface area contributed by atoms with Crippen LogP contribution in [-0.2, 0) is 0 Å². The first-order chi connectivity index (χ1) is 8.63. The fourth-order valence-electron chi connectivity index (χ4n) is 2.25. The number of aromatic amines is 1. The molecule has 0 radical (unpaired) electrons. The van der Waals surface area contributed by atoms with E-state index in [-0.39, 0.29) is 5.91 Å². The van der Waals surface area contributed by atoms with Gasteiger partial charge in [0.2, 0.25) is 0 Å². The van der Waals surface area contributed by atoms with Gasteiger partial charge in [0.15, 0.2) is 0 Å². The standard InChI is InChI=1S/C12H21N5O/c1-3-9(2)16-4-6-17(7-5-16)12(18)11-10(13)8-14-15-11/h8-9H,3-7,13H2,1-2H3,(H,14,15). The summed E-state index contributed by atoms with van der Waals surface area (Å²) in [5, 5.41) is 6.45. The number of hydrogen-bond acceptors (Lipinski definition) is 4. The van der Waals surface area contributed by atoms with Crippen molar-refractivity contribution in [1.82, 2.24) is 20.0 Å². The van der Waals surface area contributed by atoms with E-state index in [0.29, 0.717) is 17.4 Å². The van der Waals surface area contributed by atoms with Crippen LogP contribution in [0.4, 0.5) is 5.69 Å². The Morgan fingerprint density at radius 1 is 1.50 bits per heavy atom. The van der Waals surface area contributed by atoms with Gasteiger partial charge in [-0.2, -0.15) is 5.10 Å². The molecule has 1 unspecified atom stereocenters. The number of H-pyrrole nitrogens is 1. The number of hydrogen-bond donors (Lipinski definition) is 2. The highest BCUT2D eigenvalue weighted by molar-refractivity contribution is 5.97. The van der Waals surface area contributed by atoms with Crippen LogP contribution in [0.2, 0.25) is 0 Å². The smallest absolute Gasteiger partial charge is 0.274 e. The maximum Gasteiger partial charge on any atom is 0.274 e. The van der Waals surface area contributed by atoms with Crippen molar-refractivity contribution < 1.29 is 4.79 Å². The Balaban J connectivity index is 1.94. The molecule has 6 heteroatoms. The second kappa shape index (κ2) is 5.39. The number of nitrogen functional groups attached to an aromatic ring is 1. The van der Waals surface area contributed by atoms with Gasteiger partial charge in [0.1, 0.15) is 5.69 Å².